The summed E-state index contributed by atoms with van der Waals surface area (Å²) in [7, 11) is 0. The van der Waals surface area contributed by atoms with Crippen LogP contribution in [0.3, 0.4) is 0 Å². The Bertz CT molecular complexity index is 629. The van der Waals surface area contributed by atoms with Gasteiger partial charge in [0.1, 0.15) is 5.01 Å². The minimum Gasteiger partial charge on any atom is -0.378 e. The molecule has 0 aliphatic carbocycles. The molecule has 1 aliphatic heterocycles. The Labute approximate surface area is 132 Å². The molecule has 0 bridgehead atoms. The van der Waals surface area contributed by atoms with E-state index in [0.717, 1.165) is 17.1 Å². The van der Waals surface area contributed by atoms with Gasteiger partial charge in [-0.25, -0.2) is 14.4 Å². The van der Waals surface area contributed by atoms with Crippen LogP contribution in [0.5, 0.6) is 0 Å². The van der Waals surface area contributed by atoms with Gasteiger partial charge in [0.05, 0.1) is 31.6 Å². The summed E-state index contributed by atoms with van der Waals surface area (Å²) in [5, 5.41) is 6.12. The summed E-state index contributed by atoms with van der Waals surface area (Å²) in [5.74, 6) is 0.334. The maximum atomic E-state index is 13.9. The molecule has 2 aromatic rings. The van der Waals surface area contributed by atoms with Crippen molar-refractivity contribution in [2.75, 3.05) is 36.5 Å². The maximum Gasteiger partial charge on any atom is 0.225 e. The number of morpholine rings is 1. The first-order valence-corrected chi connectivity index (χ1v) is 8.16. The van der Waals surface area contributed by atoms with Gasteiger partial charge in [-0.3, -0.25) is 0 Å². The molecule has 1 saturated heterocycles. The average molecular weight is 323 g/mol. The third kappa shape index (κ3) is 3.50. The van der Waals surface area contributed by atoms with Gasteiger partial charge in [-0.2, -0.15) is 4.98 Å². The number of anilines is 2. The number of hydrogen-bond acceptors (Lipinski definition) is 7. The monoisotopic (exact) mass is 323 g/mol. The van der Waals surface area contributed by atoms with Crippen molar-refractivity contribution in [3.8, 4) is 0 Å². The molecule has 0 unspecified atom stereocenters. The molecule has 8 heteroatoms. The normalized spacial score (nSPS) is 15.1. The van der Waals surface area contributed by atoms with Gasteiger partial charge in [0.25, 0.3) is 0 Å². The quantitative estimate of drug-likeness (QED) is 0.909. The number of halogens is 1. The maximum absolute atomic E-state index is 13.9. The fourth-order valence-electron chi connectivity index (χ4n) is 2.19. The van der Waals surface area contributed by atoms with E-state index in [1.165, 1.54) is 6.20 Å². The van der Waals surface area contributed by atoms with Crippen LogP contribution < -0.4 is 10.2 Å². The highest BCUT2D eigenvalue weighted by atomic mass is 32.1. The molecule has 0 atom stereocenters. The first-order valence-electron chi connectivity index (χ1n) is 7.28. The zero-order valence-electron chi connectivity index (χ0n) is 12.4. The number of aromatic nitrogens is 3. The van der Waals surface area contributed by atoms with Crippen LogP contribution in [0.2, 0.25) is 0 Å². The molecule has 0 saturated carbocycles. The van der Waals surface area contributed by atoms with Crippen molar-refractivity contribution in [3.63, 3.8) is 0 Å². The van der Waals surface area contributed by atoms with Crippen molar-refractivity contribution in [1.29, 1.82) is 0 Å². The van der Waals surface area contributed by atoms with Gasteiger partial charge in [-0.15, -0.1) is 11.3 Å². The zero-order chi connectivity index (χ0) is 15.4. The molecule has 0 amide bonds. The molecule has 3 rings (SSSR count). The molecule has 22 heavy (non-hydrogen) atoms. The Balaban J connectivity index is 1.68. The first kappa shape index (κ1) is 15.1. The number of nitrogens with zero attached hydrogens (tertiary/aromatic N) is 4. The topological polar surface area (TPSA) is 63.2 Å². The molecule has 1 N–H and O–H groups in total. The SMILES string of the molecule is CCc1csc(CNc2ncc(F)c(N3CCOCC3)n2)n1. The molecule has 6 nitrogen and oxygen atoms in total. The number of ether oxygens (including phenoxy) is 1. The van der Waals surface area contributed by atoms with Crippen LogP contribution in [-0.2, 0) is 17.7 Å². The standard InChI is InChI=1S/C14H18FN5OS/c1-2-10-9-22-12(18-10)8-17-14-16-7-11(15)13(19-14)20-3-5-21-6-4-20/h7,9H,2-6,8H2,1H3,(H,16,17,19). The van der Waals surface area contributed by atoms with Gasteiger partial charge in [0.2, 0.25) is 5.95 Å². The van der Waals surface area contributed by atoms with Crippen LogP contribution in [0.4, 0.5) is 16.2 Å². The highest BCUT2D eigenvalue weighted by Gasteiger charge is 2.17. The van der Waals surface area contributed by atoms with Crippen molar-refractivity contribution >= 4 is 23.1 Å². The molecule has 0 radical (unpaired) electrons. The van der Waals surface area contributed by atoms with E-state index in [4.69, 9.17) is 4.74 Å². The van der Waals surface area contributed by atoms with E-state index < -0.39 is 5.82 Å². The fraction of sp³-hybridized carbons (Fsp3) is 0.500. The van der Waals surface area contributed by atoms with Crippen LogP contribution in [0.15, 0.2) is 11.6 Å². The van der Waals surface area contributed by atoms with Crippen LogP contribution in [0, 0.1) is 5.82 Å². The van der Waals surface area contributed by atoms with Gasteiger partial charge in [-0.05, 0) is 6.42 Å². The molecule has 0 aromatic carbocycles. The van der Waals surface area contributed by atoms with Gasteiger partial charge in [-0.1, -0.05) is 6.92 Å². The second-order valence-corrected chi connectivity index (χ2v) is 5.85. The van der Waals surface area contributed by atoms with E-state index in [-0.39, 0.29) is 0 Å². The van der Waals surface area contributed by atoms with E-state index in [0.29, 0.717) is 44.6 Å². The zero-order valence-corrected chi connectivity index (χ0v) is 13.2. The Morgan fingerprint density at radius 2 is 2.18 bits per heavy atom. The molecule has 118 valence electrons. The fourth-order valence-corrected chi connectivity index (χ4v) is 3.00. The number of thiazole rings is 1. The average Bonchev–Trinajstić information content (AvgIpc) is 3.03. The van der Waals surface area contributed by atoms with Crippen molar-refractivity contribution in [1.82, 2.24) is 15.0 Å². The molecule has 1 aliphatic rings. The Morgan fingerprint density at radius 1 is 1.36 bits per heavy atom. The minimum absolute atomic E-state index is 0.328. The van der Waals surface area contributed by atoms with Gasteiger partial charge < -0.3 is 15.0 Å². The predicted octanol–water partition coefficient (Wildman–Crippen LogP) is 2.08. The number of aryl methyl sites for hydroxylation is 1. The number of nitrogens with one attached hydrogen (secondary N) is 1. The lowest BCUT2D eigenvalue weighted by molar-refractivity contribution is 0.122. The molecule has 3 heterocycles. The third-order valence-corrected chi connectivity index (χ3v) is 4.29. The summed E-state index contributed by atoms with van der Waals surface area (Å²) in [5.41, 5.74) is 1.08. The van der Waals surface area contributed by atoms with Crippen LogP contribution in [0.25, 0.3) is 0 Å². The van der Waals surface area contributed by atoms with E-state index in [1.54, 1.807) is 11.3 Å². The largest absolute Gasteiger partial charge is 0.378 e. The van der Waals surface area contributed by atoms with Gasteiger partial charge in [0, 0.05) is 18.5 Å². The summed E-state index contributed by atoms with van der Waals surface area (Å²) < 4.78 is 19.2. The third-order valence-electron chi connectivity index (χ3n) is 3.40. The van der Waals surface area contributed by atoms with Crippen molar-refractivity contribution in [2.24, 2.45) is 0 Å². The lowest BCUT2D eigenvalue weighted by Gasteiger charge is -2.28. The number of hydrogen-bond donors (Lipinski definition) is 1. The van der Waals surface area contributed by atoms with E-state index >= 15 is 0 Å². The van der Waals surface area contributed by atoms with Crippen LogP contribution in [0.1, 0.15) is 17.6 Å². The summed E-state index contributed by atoms with van der Waals surface area (Å²) in [4.78, 5) is 14.6. The molecular weight excluding hydrogens is 305 g/mol. The highest BCUT2D eigenvalue weighted by Crippen LogP contribution is 2.19. The summed E-state index contributed by atoms with van der Waals surface area (Å²) >= 11 is 1.60. The minimum atomic E-state index is -0.407. The Kier molecular flexibility index (Phi) is 4.79. The lowest BCUT2D eigenvalue weighted by atomic mass is 10.4. The summed E-state index contributed by atoms with van der Waals surface area (Å²) in [6.07, 6.45) is 2.13. The Hall–Kier alpha value is -1.80. The molecule has 1 fully saturated rings. The lowest BCUT2D eigenvalue weighted by Crippen LogP contribution is -2.37. The van der Waals surface area contributed by atoms with Crippen LogP contribution >= 0.6 is 11.3 Å². The molecular formula is C14H18FN5OS. The Morgan fingerprint density at radius 3 is 2.91 bits per heavy atom. The van der Waals surface area contributed by atoms with E-state index in [1.807, 2.05) is 10.3 Å². The molecule has 2 aromatic heterocycles. The first-order chi connectivity index (χ1) is 10.8. The van der Waals surface area contributed by atoms with Gasteiger partial charge in [0.15, 0.2) is 11.6 Å². The molecule has 0 spiro atoms. The smallest absolute Gasteiger partial charge is 0.225 e. The second-order valence-electron chi connectivity index (χ2n) is 4.90. The van der Waals surface area contributed by atoms with Crippen molar-refractivity contribution in [2.45, 2.75) is 19.9 Å². The van der Waals surface area contributed by atoms with Gasteiger partial charge >= 0.3 is 0 Å². The number of rotatable bonds is 5. The van der Waals surface area contributed by atoms with Crippen molar-refractivity contribution in [3.05, 3.63) is 28.1 Å². The highest BCUT2D eigenvalue weighted by molar-refractivity contribution is 7.09. The summed E-state index contributed by atoms with van der Waals surface area (Å²) in [6.45, 7) is 5.07. The van der Waals surface area contributed by atoms with E-state index in [9.17, 15) is 4.39 Å². The van der Waals surface area contributed by atoms with Crippen LogP contribution in [-0.4, -0.2) is 41.3 Å². The van der Waals surface area contributed by atoms with Crippen molar-refractivity contribution < 1.29 is 9.13 Å². The predicted molar refractivity (Wildman–Crippen MR) is 83.8 cm³/mol. The van der Waals surface area contributed by atoms with E-state index in [2.05, 4.69) is 27.2 Å². The summed E-state index contributed by atoms with van der Waals surface area (Å²) in [6, 6.07) is 0. The second kappa shape index (κ2) is 6.97.